The van der Waals surface area contributed by atoms with Gasteiger partial charge in [0.25, 0.3) is 0 Å². The molecule has 1 N–H and O–H groups in total. The van der Waals surface area contributed by atoms with E-state index in [-0.39, 0.29) is 0 Å². The molecule has 2 rings (SSSR count). The number of aliphatic hydroxyl groups excluding tert-OH is 1. The van der Waals surface area contributed by atoms with Gasteiger partial charge in [0.15, 0.2) is 0 Å². The molecular formula is C16H23Cl2NO2. The quantitative estimate of drug-likeness (QED) is 0.699. The fraction of sp³-hybridized carbons (Fsp3) is 0.625. The van der Waals surface area contributed by atoms with Crippen molar-refractivity contribution in [2.24, 2.45) is 5.92 Å². The fourth-order valence-corrected chi connectivity index (χ4v) is 2.58. The van der Waals surface area contributed by atoms with E-state index in [2.05, 4.69) is 4.90 Å². The van der Waals surface area contributed by atoms with Gasteiger partial charge in [0.1, 0.15) is 0 Å². The summed E-state index contributed by atoms with van der Waals surface area (Å²) in [6.07, 6.45) is 2.68. The van der Waals surface area contributed by atoms with Crippen molar-refractivity contribution in [1.29, 1.82) is 0 Å². The summed E-state index contributed by atoms with van der Waals surface area (Å²) in [6.45, 7) is 3.31. The summed E-state index contributed by atoms with van der Waals surface area (Å²) in [7, 11) is 2.03. The van der Waals surface area contributed by atoms with Gasteiger partial charge < -0.3 is 14.7 Å². The van der Waals surface area contributed by atoms with E-state index in [1.807, 2.05) is 19.2 Å². The maximum atomic E-state index is 10.2. The number of likely N-dealkylation sites (N-methyl/N-ethyl adjacent to an activating group) is 1. The summed E-state index contributed by atoms with van der Waals surface area (Å²) in [4.78, 5) is 2.16. The van der Waals surface area contributed by atoms with E-state index in [1.54, 1.807) is 6.07 Å². The molecule has 118 valence electrons. The third kappa shape index (κ3) is 5.76. The van der Waals surface area contributed by atoms with Crippen LogP contribution in [0.15, 0.2) is 18.2 Å². The first-order chi connectivity index (χ1) is 10.1. The van der Waals surface area contributed by atoms with Gasteiger partial charge in [-0.25, -0.2) is 0 Å². The standard InChI is InChI=1S/C16H23Cl2NO2/c1-19(9-10-21-11-12-5-6-12)8-7-15(20)13-3-2-4-14(17)16(13)18/h2-4,12,15,20H,5-11H2,1H3. The van der Waals surface area contributed by atoms with Crippen LogP contribution < -0.4 is 0 Å². The van der Waals surface area contributed by atoms with E-state index in [0.717, 1.165) is 32.2 Å². The van der Waals surface area contributed by atoms with Crippen LogP contribution >= 0.6 is 23.2 Å². The molecule has 0 saturated heterocycles. The summed E-state index contributed by atoms with van der Waals surface area (Å²) < 4.78 is 5.61. The lowest BCUT2D eigenvalue weighted by molar-refractivity contribution is 0.0948. The van der Waals surface area contributed by atoms with Crippen molar-refractivity contribution in [2.75, 3.05) is 33.4 Å². The smallest absolute Gasteiger partial charge is 0.0817 e. The third-order valence-electron chi connectivity index (χ3n) is 3.79. The minimum absolute atomic E-state index is 0.446. The predicted octanol–water partition coefficient (Wildman–Crippen LogP) is 3.78. The summed E-state index contributed by atoms with van der Waals surface area (Å²) >= 11 is 12.1. The Labute approximate surface area is 136 Å². The molecule has 1 aromatic carbocycles. The third-order valence-corrected chi connectivity index (χ3v) is 4.63. The number of rotatable bonds is 9. The van der Waals surface area contributed by atoms with Crippen molar-refractivity contribution in [3.63, 3.8) is 0 Å². The molecule has 1 atom stereocenters. The molecule has 21 heavy (non-hydrogen) atoms. The van der Waals surface area contributed by atoms with Crippen molar-refractivity contribution < 1.29 is 9.84 Å². The Balaban J connectivity index is 1.67. The van der Waals surface area contributed by atoms with Crippen LogP contribution in [0.3, 0.4) is 0 Å². The molecule has 1 fully saturated rings. The Bertz CT molecular complexity index is 452. The summed E-state index contributed by atoms with van der Waals surface area (Å²) in [5, 5.41) is 11.2. The first kappa shape index (κ1) is 17.0. The Hall–Kier alpha value is -0.320. The molecule has 0 aliphatic heterocycles. The topological polar surface area (TPSA) is 32.7 Å². The Kier molecular flexibility index (Phi) is 6.77. The van der Waals surface area contributed by atoms with Crippen molar-refractivity contribution in [2.45, 2.75) is 25.4 Å². The fourth-order valence-electron chi connectivity index (χ4n) is 2.14. The molecule has 0 spiro atoms. The largest absolute Gasteiger partial charge is 0.388 e. The average Bonchev–Trinajstić information content (AvgIpc) is 3.28. The van der Waals surface area contributed by atoms with Gasteiger partial charge in [-0.2, -0.15) is 0 Å². The van der Waals surface area contributed by atoms with Gasteiger partial charge in [0, 0.05) is 25.3 Å². The molecular weight excluding hydrogens is 309 g/mol. The van der Waals surface area contributed by atoms with Crippen molar-refractivity contribution in [3.05, 3.63) is 33.8 Å². The van der Waals surface area contributed by atoms with E-state index in [0.29, 0.717) is 22.0 Å². The van der Waals surface area contributed by atoms with Gasteiger partial charge in [-0.3, -0.25) is 0 Å². The summed E-state index contributed by atoms with van der Waals surface area (Å²) in [5.74, 6) is 0.807. The zero-order valence-corrected chi connectivity index (χ0v) is 13.9. The second kappa shape index (κ2) is 8.35. The lowest BCUT2D eigenvalue weighted by Gasteiger charge is -2.19. The van der Waals surface area contributed by atoms with Crippen LogP contribution in [0.25, 0.3) is 0 Å². The van der Waals surface area contributed by atoms with Gasteiger partial charge in [-0.1, -0.05) is 35.3 Å². The van der Waals surface area contributed by atoms with E-state index in [9.17, 15) is 5.11 Å². The number of nitrogens with zero attached hydrogens (tertiary/aromatic N) is 1. The van der Waals surface area contributed by atoms with Gasteiger partial charge in [-0.05, 0) is 38.3 Å². The highest BCUT2D eigenvalue weighted by atomic mass is 35.5. The van der Waals surface area contributed by atoms with Gasteiger partial charge in [-0.15, -0.1) is 0 Å². The van der Waals surface area contributed by atoms with Crippen LogP contribution in [-0.2, 0) is 4.74 Å². The Morgan fingerprint density at radius 2 is 2.10 bits per heavy atom. The first-order valence-electron chi connectivity index (χ1n) is 7.46. The highest BCUT2D eigenvalue weighted by Gasteiger charge is 2.21. The number of aliphatic hydroxyl groups is 1. The maximum absolute atomic E-state index is 10.2. The number of hydrogen-bond acceptors (Lipinski definition) is 3. The summed E-state index contributed by atoms with van der Waals surface area (Å²) in [5.41, 5.74) is 0.697. The molecule has 1 unspecified atom stereocenters. The molecule has 0 amide bonds. The molecule has 1 saturated carbocycles. The minimum atomic E-state index is -0.592. The van der Waals surface area contributed by atoms with E-state index < -0.39 is 6.10 Å². The van der Waals surface area contributed by atoms with Crippen molar-refractivity contribution >= 4 is 23.2 Å². The number of benzene rings is 1. The van der Waals surface area contributed by atoms with Crippen LogP contribution in [0.2, 0.25) is 10.0 Å². The van der Waals surface area contributed by atoms with Crippen LogP contribution in [0, 0.1) is 5.92 Å². The first-order valence-corrected chi connectivity index (χ1v) is 8.21. The predicted molar refractivity (Wildman–Crippen MR) is 87.1 cm³/mol. The lowest BCUT2D eigenvalue weighted by atomic mass is 10.1. The highest BCUT2D eigenvalue weighted by Crippen LogP contribution is 2.31. The van der Waals surface area contributed by atoms with Gasteiger partial charge in [0.05, 0.1) is 22.8 Å². The van der Waals surface area contributed by atoms with Crippen LogP contribution in [0.4, 0.5) is 0 Å². The van der Waals surface area contributed by atoms with E-state index in [4.69, 9.17) is 27.9 Å². The van der Waals surface area contributed by atoms with Crippen molar-refractivity contribution in [3.8, 4) is 0 Å². The number of halogens is 2. The number of hydrogen-bond donors (Lipinski definition) is 1. The number of ether oxygens (including phenoxy) is 1. The Morgan fingerprint density at radius 1 is 1.33 bits per heavy atom. The molecule has 0 bridgehead atoms. The maximum Gasteiger partial charge on any atom is 0.0817 e. The lowest BCUT2D eigenvalue weighted by Crippen LogP contribution is -2.25. The van der Waals surface area contributed by atoms with Gasteiger partial charge in [0.2, 0.25) is 0 Å². The molecule has 5 heteroatoms. The molecule has 0 aromatic heterocycles. The molecule has 1 aliphatic rings. The van der Waals surface area contributed by atoms with E-state index >= 15 is 0 Å². The highest BCUT2D eigenvalue weighted by molar-refractivity contribution is 6.42. The minimum Gasteiger partial charge on any atom is -0.388 e. The zero-order chi connectivity index (χ0) is 15.2. The van der Waals surface area contributed by atoms with Crippen LogP contribution in [-0.4, -0.2) is 43.4 Å². The van der Waals surface area contributed by atoms with Crippen molar-refractivity contribution in [1.82, 2.24) is 4.90 Å². The second-order valence-corrected chi connectivity index (χ2v) is 6.55. The summed E-state index contributed by atoms with van der Waals surface area (Å²) in [6, 6.07) is 5.35. The van der Waals surface area contributed by atoms with E-state index in [1.165, 1.54) is 12.8 Å². The monoisotopic (exact) mass is 331 g/mol. The SMILES string of the molecule is CN(CCOCC1CC1)CCC(O)c1cccc(Cl)c1Cl. The molecule has 3 nitrogen and oxygen atoms in total. The van der Waals surface area contributed by atoms with Crippen LogP contribution in [0.5, 0.6) is 0 Å². The average molecular weight is 332 g/mol. The molecule has 1 aliphatic carbocycles. The van der Waals surface area contributed by atoms with Gasteiger partial charge >= 0.3 is 0 Å². The molecule has 0 heterocycles. The molecule has 0 radical (unpaired) electrons. The zero-order valence-electron chi connectivity index (χ0n) is 12.4. The molecule has 1 aromatic rings. The second-order valence-electron chi connectivity index (χ2n) is 5.77. The Morgan fingerprint density at radius 3 is 2.81 bits per heavy atom. The normalized spacial score (nSPS) is 16.4. The van der Waals surface area contributed by atoms with Crippen LogP contribution in [0.1, 0.15) is 30.9 Å².